The van der Waals surface area contributed by atoms with Crippen LogP contribution in [0.5, 0.6) is 0 Å². The molecule has 5 rings (SSSR count). The van der Waals surface area contributed by atoms with E-state index in [2.05, 4.69) is 33.9 Å². The van der Waals surface area contributed by atoms with Gasteiger partial charge >= 0.3 is 0 Å². The van der Waals surface area contributed by atoms with E-state index < -0.39 is 0 Å². The molecule has 0 bridgehead atoms. The molecule has 0 spiro atoms. The summed E-state index contributed by atoms with van der Waals surface area (Å²) in [5, 5.41) is 11.3. The summed E-state index contributed by atoms with van der Waals surface area (Å²) < 4.78 is 3.16. The van der Waals surface area contributed by atoms with Crippen LogP contribution in [0.2, 0.25) is 0 Å². The Kier molecular flexibility index (Phi) is 4.98. The highest BCUT2D eigenvalue weighted by Gasteiger charge is 2.24. The normalized spacial score (nSPS) is 15.8. The molecule has 4 aromatic heterocycles. The summed E-state index contributed by atoms with van der Waals surface area (Å²) in [6.45, 7) is 5.38. The monoisotopic (exact) mass is 452 g/mol. The molecule has 4 heterocycles. The SMILES string of the molecule is C=N/C(N)=N\C=C(/C)c1cc2c3c(n1)sc(SC1CCC1)c3[nH]n1nc(N(C)C)cc21. The Bertz CT molecular complexity index is 1370. The van der Waals surface area contributed by atoms with Crippen molar-refractivity contribution in [2.24, 2.45) is 15.7 Å². The molecule has 0 saturated heterocycles. The summed E-state index contributed by atoms with van der Waals surface area (Å²) >= 11 is 3.71. The largest absolute Gasteiger partial charge is 0.368 e. The Labute approximate surface area is 187 Å². The number of hydrogen-bond acceptors (Lipinski definition) is 6. The predicted molar refractivity (Wildman–Crippen MR) is 133 cm³/mol. The molecule has 0 amide bonds. The molecule has 31 heavy (non-hydrogen) atoms. The summed E-state index contributed by atoms with van der Waals surface area (Å²) in [5.74, 6) is 1.04. The van der Waals surface area contributed by atoms with Gasteiger partial charge in [-0.2, -0.15) is 4.63 Å². The van der Waals surface area contributed by atoms with E-state index in [0.29, 0.717) is 5.25 Å². The Morgan fingerprint density at radius 1 is 1.42 bits per heavy atom. The highest BCUT2D eigenvalue weighted by atomic mass is 32.2. The van der Waals surface area contributed by atoms with Gasteiger partial charge in [-0.25, -0.2) is 15.0 Å². The number of nitrogens with one attached hydrogen (secondary N) is 1. The fourth-order valence-corrected chi connectivity index (χ4v) is 6.40. The average Bonchev–Trinajstić information content (AvgIpc) is 3.31. The molecule has 4 aromatic rings. The van der Waals surface area contributed by atoms with E-state index in [1.807, 2.05) is 42.3 Å². The number of nitrogens with zero attached hydrogens (tertiary/aromatic N) is 6. The number of aromatic nitrogens is 4. The number of rotatable bonds is 5. The summed E-state index contributed by atoms with van der Waals surface area (Å²) in [6, 6.07) is 4.21. The molecule has 3 N–H and O–H groups in total. The van der Waals surface area contributed by atoms with Crippen LogP contribution in [0.3, 0.4) is 0 Å². The fourth-order valence-electron chi connectivity index (χ4n) is 3.55. The van der Waals surface area contributed by atoms with Crippen molar-refractivity contribution in [3.05, 3.63) is 24.0 Å². The summed E-state index contributed by atoms with van der Waals surface area (Å²) in [7, 11) is 4.00. The van der Waals surface area contributed by atoms with E-state index in [4.69, 9.17) is 15.8 Å². The number of aliphatic imine (C=N–C) groups is 2. The minimum atomic E-state index is 0.136. The van der Waals surface area contributed by atoms with E-state index >= 15 is 0 Å². The van der Waals surface area contributed by atoms with Gasteiger partial charge in [-0.3, -0.25) is 5.10 Å². The van der Waals surface area contributed by atoms with Gasteiger partial charge in [0.05, 0.1) is 20.9 Å². The number of allylic oxidation sites excluding steroid dienone is 1. The van der Waals surface area contributed by atoms with Gasteiger partial charge < -0.3 is 10.6 Å². The van der Waals surface area contributed by atoms with E-state index in [1.54, 1.807) is 17.5 Å². The van der Waals surface area contributed by atoms with E-state index in [9.17, 15) is 0 Å². The lowest BCUT2D eigenvalue weighted by Crippen LogP contribution is -2.12. The molecule has 0 unspecified atom stereocenters. The van der Waals surface area contributed by atoms with Gasteiger partial charge in [0.15, 0.2) is 5.82 Å². The lowest BCUT2D eigenvalue weighted by molar-refractivity contribution is 0.522. The second kappa shape index (κ2) is 7.69. The first-order valence-electron chi connectivity index (χ1n) is 10.1. The van der Waals surface area contributed by atoms with Crippen molar-refractivity contribution in [3.8, 4) is 0 Å². The van der Waals surface area contributed by atoms with Gasteiger partial charge in [0, 0.05) is 42.4 Å². The van der Waals surface area contributed by atoms with Crippen LogP contribution in [0.25, 0.3) is 32.2 Å². The zero-order valence-corrected chi connectivity index (χ0v) is 19.3. The zero-order valence-electron chi connectivity index (χ0n) is 17.7. The van der Waals surface area contributed by atoms with Crippen LogP contribution in [0.1, 0.15) is 31.9 Å². The Hall–Kier alpha value is -2.85. The summed E-state index contributed by atoms with van der Waals surface area (Å²) in [5.41, 5.74) is 9.57. The smallest absolute Gasteiger partial charge is 0.219 e. The molecule has 1 fully saturated rings. The number of pyridine rings is 1. The number of guanidine groups is 1. The molecule has 1 aliphatic carbocycles. The zero-order chi connectivity index (χ0) is 21.7. The van der Waals surface area contributed by atoms with Gasteiger partial charge in [0.2, 0.25) is 5.96 Å². The van der Waals surface area contributed by atoms with Crippen LogP contribution in [0, 0.1) is 0 Å². The minimum absolute atomic E-state index is 0.136. The first-order chi connectivity index (χ1) is 14.9. The van der Waals surface area contributed by atoms with Crippen molar-refractivity contribution in [2.75, 3.05) is 19.0 Å². The molecule has 10 heteroatoms. The number of H-pyrrole nitrogens is 1. The number of nitrogens with two attached hydrogens (primary N) is 1. The van der Waals surface area contributed by atoms with Crippen LogP contribution < -0.4 is 10.6 Å². The van der Waals surface area contributed by atoms with E-state index in [0.717, 1.165) is 43.7 Å². The standard InChI is InChI=1S/C21H24N8S2/c1-11(10-24-21(22)23-2)14-8-13-15-9-16(28(3)4)26-29(15)27-18-17(13)19(25-14)31-20(18)30-12-6-5-7-12/h8-10,12,27H,2,5-7H2,1,3-4H3,(H2,22,24)/b11-10+. The molecule has 0 aliphatic heterocycles. The molecular weight excluding hydrogens is 428 g/mol. The molecule has 1 aliphatic rings. The maximum Gasteiger partial charge on any atom is 0.219 e. The van der Waals surface area contributed by atoms with Crippen molar-refractivity contribution >= 4 is 73.8 Å². The Balaban J connectivity index is 1.76. The van der Waals surface area contributed by atoms with E-state index in [-0.39, 0.29) is 5.96 Å². The first-order valence-corrected chi connectivity index (χ1v) is 11.8. The molecule has 1 saturated carbocycles. The number of anilines is 1. The van der Waals surface area contributed by atoms with Crippen molar-refractivity contribution in [1.82, 2.24) is 19.8 Å². The van der Waals surface area contributed by atoms with Crippen LogP contribution in [0.4, 0.5) is 5.82 Å². The van der Waals surface area contributed by atoms with Gasteiger partial charge in [0.25, 0.3) is 0 Å². The fraction of sp³-hybridized carbons (Fsp3) is 0.333. The molecule has 160 valence electrons. The Morgan fingerprint density at radius 3 is 2.90 bits per heavy atom. The highest BCUT2D eigenvalue weighted by molar-refractivity contribution is 8.02. The first kappa shape index (κ1) is 20.1. The number of thioether (sulfide) groups is 1. The number of thiophene rings is 1. The molecule has 8 nitrogen and oxygen atoms in total. The van der Waals surface area contributed by atoms with Crippen LogP contribution in [-0.2, 0) is 0 Å². The predicted octanol–water partition coefficient (Wildman–Crippen LogP) is 4.51. The van der Waals surface area contributed by atoms with Crippen molar-refractivity contribution in [2.45, 2.75) is 35.6 Å². The van der Waals surface area contributed by atoms with Crippen molar-refractivity contribution in [3.63, 3.8) is 0 Å². The second-order valence-electron chi connectivity index (χ2n) is 7.93. The highest BCUT2D eigenvalue weighted by Crippen LogP contribution is 2.46. The van der Waals surface area contributed by atoms with Gasteiger partial charge in [-0.1, -0.05) is 6.42 Å². The third-order valence-electron chi connectivity index (χ3n) is 5.56. The van der Waals surface area contributed by atoms with Gasteiger partial charge in [0.1, 0.15) is 4.83 Å². The topological polar surface area (TPSA) is 100.0 Å². The Morgan fingerprint density at radius 2 is 2.23 bits per heavy atom. The van der Waals surface area contributed by atoms with Gasteiger partial charge in [-0.05, 0) is 38.1 Å². The quantitative estimate of drug-likeness (QED) is 0.343. The second-order valence-corrected chi connectivity index (χ2v) is 10.5. The summed E-state index contributed by atoms with van der Waals surface area (Å²) in [4.78, 5) is 15.8. The van der Waals surface area contributed by atoms with E-state index in [1.165, 1.54) is 23.5 Å². The molecule has 0 atom stereocenters. The maximum atomic E-state index is 5.67. The molecular formula is C21H24N8S2. The van der Waals surface area contributed by atoms with Crippen LogP contribution >= 0.6 is 23.1 Å². The average molecular weight is 453 g/mol. The maximum absolute atomic E-state index is 5.67. The van der Waals surface area contributed by atoms with Crippen LogP contribution in [0.15, 0.2) is 32.5 Å². The number of aromatic amines is 1. The molecule has 0 radical (unpaired) electrons. The van der Waals surface area contributed by atoms with Gasteiger partial charge in [-0.15, -0.1) is 28.2 Å². The molecule has 0 aromatic carbocycles. The number of hydrogen-bond donors (Lipinski definition) is 2. The third-order valence-corrected chi connectivity index (χ3v) is 8.20. The van der Waals surface area contributed by atoms with Crippen LogP contribution in [-0.4, -0.2) is 51.8 Å². The minimum Gasteiger partial charge on any atom is -0.368 e. The third kappa shape index (κ3) is 3.49. The van der Waals surface area contributed by atoms with Crippen molar-refractivity contribution < 1.29 is 0 Å². The number of fused-ring (bicyclic) bond motifs is 2. The lowest BCUT2D eigenvalue weighted by atomic mass is 10.0. The lowest BCUT2D eigenvalue weighted by Gasteiger charge is -2.23. The van der Waals surface area contributed by atoms with Crippen molar-refractivity contribution in [1.29, 1.82) is 0 Å². The summed E-state index contributed by atoms with van der Waals surface area (Å²) in [6.07, 6.45) is 5.56.